The van der Waals surface area contributed by atoms with E-state index in [4.69, 9.17) is 0 Å². The van der Waals surface area contributed by atoms with Gasteiger partial charge >= 0.3 is 0 Å². The number of aromatic nitrogens is 2. The third-order valence-corrected chi connectivity index (χ3v) is 7.90. The van der Waals surface area contributed by atoms with Crippen LogP contribution in [0.1, 0.15) is 61.5 Å². The number of terminal acetylenes is 1. The van der Waals surface area contributed by atoms with Crippen LogP contribution in [0.15, 0.2) is 53.5 Å². The van der Waals surface area contributed by atoms with Crippen molar-refractivity contribution in [2.75, 3.05) is 12.3 Å². The van der Waals surface area contributed by atoms with Crippen molar-refractivity contribution < 1.29 is 21.6 Å². The third kappa shape index (κ3) is 10.4. The first-order valence-electron chi connectivity index (χ1n) is 12.6. The first kappa shape index (κ1) is 32.4. The summed E-state index contributed by atoms with van der Waals surface area (Å²) < 4.78 is 68.4. The van der Waals surface area contributed by atoms with Crippen molar-refractivity contribution in [1.82, 2.24) is 20.0 Å². The Balaban J connectivity index is 0.00000260. The van der Waals surface area contributed by atoms with Crippen molar-refractivity contribution in [3.05, 3.63) is 81.8 Å². The lowest BCUT2D eigenvalue weighted by molar-refractivity contribution is 0.497. The predicted molar refractivity (Wildman–Crippen MR) is 154 cm³/mol. The molecule has 2 N–H and O–H groups in total. The lowest BCUT2D eigenvalue weighted by Crippen LogP contribution is -2.36. The van der Waals surface area contributed by atoms with Crippen molar-refractivity contribution in [2.24, 2.45) is 0 Å². The van der Waals surface area contributed by atoms with E-state index < -0.39 is 21.7 Å². The molecule has 1 unspecified atom stereocenters. The molecule has 0 amide bonds. The van der Waals surface area contributed by atoms with Crippen LogP contribution in [-0.4, -0.2) is 30.5 Å². The zero-order valence-electron chi connectivity index (χ0n) is 22.2. The van der Waals surface area contributed by atoms with Gasteiger partial charge in [-0.15, -0.1) is 17.7 Å². The Morgan fingerprint density at radius 1 is 1.28 bits per heavy atom. The molecule has 212 valence electrons. The van der Waals surface area contributed by atoms with Crippen LogP contribution in [0.2, 0.25) is 0 Å². The number of thioether (sulfide) groups is 1. The number of nitrogens with zero attached hydrogens (tertiary/aromatic N) is 2. The smallest absolute Gasteiger partial charge is 0.246 e. The molecule has 0 bridgehead atoms. The number of fused-ring (bicyclic) bond motifs is 1. The molecule has 1 aliphatic heterocycles. The van der Waals surface area contributed by atoms with E-state index in [2.05, 4.69) is 35.1 Å². The van der Waals surface area contributed by atoms with Gasteiger partial charge in [0.05, 0.1) is 12.2 Å². The van der Waals surface area contributed by atoms with Gasteiger partial charge in [-0.25, -0.2) is 27.0 Å². The van der Waals surface area contributed by atoms with Crippen LogP contribution < -0.4 is 10.3 Å². The Morgan fingerprint density at radius 3 is 2.74 bits per heavy atom. The van der Waals surface area contributed by atoms with Gasteiger partial charge in [-0.2, -0.15) is 16.9 Å². The normalized spacial score (nSPS) is 16.1. The fourth-order valence-corrected chi connectivity index (χ4v) is 5.96. The third-order valence-electron chi connectivity index (χ3n) is 5.84. The molecule has 1 aliphatic rings. The Morgan fingerprint density at radius 2 is 2.05 bits per heavy atom. The van der Waals surface area contributed by atoms with Crippen LogP contribution in [0.4, 0.5) is 13.2 Å². The van der Waals surface area contributed by atoms with Crippen molar-refractivity contribution in [3.8, 4) is 12.8 Å². The van der Waals surface area contributed by atoms with Crippen molar-refractivity contribution in [1.29, 1.82) is 0 Å². The van der Waals surface area contributed by atoms with Crippen LogP contribution in [0.3, 0.4) is 0 Å². The van der Waals surface area contributed by atoms with Gasteiger partial charge in [0, 0.05) is 46.7 Å². The minimum atomic E-state index is -3.78. The van der Waals surface area contributed by atoms with Gasteiger partial charge in [-0.05, 0) is 43.5 Å². The van der Waals surface area contributed by atoms with E-state index >= 15 is 0 Å². The van der Waals surface area contributed by atoms with E-state index in [9.17, 15) is 21.6 Å². The summed E-state index contributed by atoms with van der Waals surface area (Å²) in [6, 6.07) is 6.32. The molecule has 11 heteroatoms. The maximum atomic E-state index is 14.6. The summed E-state index contributed by atoms with van der Waals surface area (Å²) >= 11 is 1.65. The average molecular weight is 581 g/mol. The number of unbranched alkanes of at least 4 members (excludes halogenated alkanes) is 2. The molecular formula is C28H35F3N4O2S2. The van der Waals surface area contributed by atoms with Crippen molar-refractivity contribution in [2.45, 2.75) is 57.7 Å². The van der Waals surface area contributed by atoms with Gasteiger partial charge in [0.15, 0.2) is 0 Å². The van der Waals surface area contributed by atoms with E-state index in [1.807, 2.05) is 6.07 Å². The van der Waals surface area contributed by atoms with Crippen LogP contribution in [0.5, 0.6) is 0 Å². The van der Waals surface area contributed by atoms with E-state index in [1.54, 1.807) is 17.8 Å². The fourth-order valence-electron chi connectivity index (χ4n) is 4.10. The largest absolute Gasteiger partial charge is 0.262 e. The molecule has 0 saturated heterocycles. The number of hydrazine groups is 1. The zero-order chi connectivity index (χ0) is 28.8. The van der Waals surface area contributed by atoms with Gasteiger partial charge in [0.25, 0.3) is 0 Å². The number of sulfonamides is 1. The number of hydrogen-bond acceptors (Lipinski definition) is 5. The highest BCUT2D eigenvalue weighted by molar-refractivity contribution is 7.98. The highest BCUT2D eigenvalue weighted by Crippen LogP contribution is 2.38. The highest BCUT2D eigenvalue weighted by Gasteiger charge is 2.29. The summed E-state index contributed by atoms with van der Waals surface area (Å²) in [4.78, 5) is 2.33. The van der Waals surface area contributed by atoms with Gasteiger partial charge in [0.2, 0.25) is 10.0 Å². The molecule has 6 nitrogen and oxygen atoms in total. The Kier molecular flexibility index (Phi) is 13.6. The summed E-state index contributed by atoms with van der Waals surface area (Å²) in [5.41, 5.74) is 5.44. The van der Waals surface area contributed by atoms with E-state index in [1.165, 1.54) is 29.8 Å². The molecule has 2 aromatic rings. The fraction of sp³-hybridized carbons (Fsp3) is 0.393. The van der Waals surface area contributed by atoms with Gasteiger partial charge < -0.3 is 0 Å². The molecule has 0 spiro atoms. The number of nitrogens with one attached hydrogen (secondary N) is 2. The molecule has 0 saturated carbocycles. The molecule has 0 aliphatic carbocycles. The Hall–Kier alpha value is -2.78. The number of hydrogen-bond donors (Lipinski definition) is 2. The number of benzene rings is 1. The maximum absolute atomic E-state index is 14.6. The second kappa shape index (κ2) is 16.4. The molecule has 2 heterocycles. The lowest BCUT2D eigenvalue weighted by Gasteiger charge is -2.24. The summed E-state index contributed by atoms with van der Waals surface area (Å²) in [5, 5.41) is 5.53. The minimum Gasteiger partial charge on any atom is -0.262 e. The van der Waals surface area contributed by atoms with Crippen LogP contribution in [0, 0.1) is 18.7 Å². The summed E-state index contributed by atoms with van der Waals surface area (Å²) in [6.45, 7) is 3.74. The number of halogens is 3. The molecule has 3 rings (SSSR count). The molecular weight excluding hydrogens is 545 g/mol. The van der Waals surface area contributed by atoms with Crippen LogP contribution in [-0.2, 0) is 28.7 Å². The quantitative estimate of drug-likeness (QED) is 0.129. The van der Waals surface area contributed by atoms with Gasteiger partial charge in [-0.3, -0.25) is 4.68 Å². The van der Waals surface area contributed by atoms with Gasteiger partial charge in [0.1, 0.15) is 17.5 Å². The second-order valence-corrected chi connectivity index (χ2v) is 11.4. The molecule has 1 atom stereocenters. The van der Waals surface area contributed by atoms with Crippen LogP contribution in [0.25, 0.3) is 6.08 Å². The SMILES string of the molecule is C#C.C/C=C(F)\C=C(\F)Cn1nc(/C=C/S(=O)(=O)NNCCCCC)c2c1C(Cc1cccc(F)c1)CSC2. The van der Waals surface area contributed by atoms with Crippen molar-refractivity contribution >= 4 is 27.9 Å². The summed E-state index contributed by atoms with van der Waals surface area (Å²) in [7, 11) is -3.78. The van der Waals surface area contributed by atoms with Gasteiger partial charge in [-0.1, -0.05) is 38.0 Å². The molecule has 0 fully saturated rings. The second-order valence-electron chi connectivity index (χ2n) is 8.80. The monoisotopic (exact) mass is 580 g/mol. The molecule has 39 heavy (non-hydrogen) atoms. The first-order chi connectivity index (χ1) is 18.7. The zero-order valence-corrected chi connectivity index (χ0v) is 23.8. The number of allylic oxidation sites excluding steroid dienone is 4. The summed E-state index contributed by atoms with van der Waals surface area (Å²) in [6.07, 6.45) is 14.7. The standard InChI is InChI=1S/C26H33F3N4O2S2.C2H2/c1-3-5-6-11-30-32-37(34,35)12-10-25-24-18-36-17-20(13-19-8-7-9-22(28)14-19)26(24)33(31-25)16-23(29)15-21(27)4-2;1-2/h4,7-10,12,14-15,20,30,32H,3,5-6,11,13,16-18H2,1-2H3;1-2H/b12-10+,21-4+,23-15+;. The maximum Gasteiger partial charge on any atom is 0.246 e. The summed E-state index contributed by atoms with van der Waals surface area (Å²) in [5.74, 6) is -0.603. The highest BCUT2D eigenvalue weighted by atomic mass is 32.2. The molecule has 0 radical (unpaired) electrons. The van der Waals surface area contributed by atoms with Crippen LogP contribution >= 0.6 is 11.8 Å². The predicted octanol–water partition coefficient (Wildman–Crippen LogP) is 6.16. The first-order valence-corrected chi connectivity index (χ1v) is 15.3. The Labute approximate surface area is 233 Å². The number of rotatable bonds is 13. The molecule has 1 aromatic heterocycles. The van der Waals surface area contributed by atoms with E-state index in [0.717, 1.165) is 53.6 Å². The lowest BCUT2D eigenvalue weighted by atomic mass is 9.94. The van der Waals surface area contributed by atoms with E-state index in [-0.39, 0.29) is 18.3 Å². The van der Waals surface area contributed by atoms with E-state index in [0.29, 0.717) is 30.2 Å². The molecule has 1 aromatic carbocycles. The average Bonchev–Trinajstić information content (AvgIpc) is 3.26. The minimum absolute atomic E-state index is 0.112. The Bertz CT molecular complexity index is 1300. The van der Waals surface area contributed by atoms with Crippen molar-refractivity contribution in [3.63, 3.8) is 0 Å². The topological polar surface area (TPSA) is 76.0 Å².